The van der Waals surface area contributed by atoms with Crippen molar-refractivity contribution < 1.29 is 0 Å². The number of aromatic nitrogens is 3. The van der Waals surface area contributed by atoms with E-state index in [1.807, 2.05) is 23.7 Å². The summed E-state index contributed by atoms with van der Waals surface area (Å²) in [6.45, 7) is 1.99. The summed E-state index contributed by atoms with van der Waals surface area (Å²) in [5.74, 6) is 0.751. The summed E-state index contributed by atoms with van der Waals surface area (Å²) >= 11 is 0. The highest BCUT2D eigenvalue weighted by atomic mass is 15.2. The second-order valence-electron chi connectivity index (χ2n) is 3.75. The van der Waals surface area contributed by atoms with Crippen LogP contribution in [0, 0.1) is 6.92 Å². The van der Waals surface area contributed by atoms with Gasteiger partial charge in [0, 0.05) is 18.5 Å². The van der Waals surface area contributed by atoms with E-state index >= 15 is 0 Å². The zero-order valence-corrected chi connectivity index (χ0v) is 7.57. The van der Waals surface area contributed by atoms with Gasteiger partial charge in [-0.05, 0) is 31.2 Å². The van der Waals surface area contributed by atoms with Crippen molar-refractivity contribution in [2.24, 2.45) is 0 Å². The van der Waals surface area contributed by atoms with Gasteiger partial charge in [0.15, 0.2) is 5.65 Å². The Hall–Kier alpha value is -1.38. The quantitative estimate of drug-likeness (QED) is 0.659. The third-order valence-corrected chi connectivity index (χ3v) is 2.50. The molecule has 13 heavy (non-hydrogen) atoms. The summed E-state index contributed by atoms with van der Waals surface area (Å²) in [6.07, 6.45) is 6.71. The first-order valence-corrected chi connectivity index (χ1v) is 4.65. The molecule has 3 nitrogen and oxygen atoms in total. The average molecular weight is 173 g/mol. The molecule has 0 aromatic carbocycles. The van der Waals surface area contributed by atoms with Gasteiger partial charge in [-0.15, -0.1) is 0 Å². The number of hydrogen-bond donors (Lipinski definition) is 0. The second-order valence-corrected chi connectivity index (χ2v) is 3.75. The zero-order valence-electron chi connectivity index (χ0n) is 7.57. The Morgan fingerprint density at radius 3 is 3.08 bits per heavy atom. The highest BCUT2D eigenvalue weighted by Gasteiger charge is 2.24. The van der Waals surface area contributed by atoms with Crippen LogP contribution in [0.5, 0.6) is 0 Å². The van der Waals surface area contributed by atoms with E-state index in [1.165, 1.54) is 18.4 Å². The SMILES string of the molecule is Cc1cc2ncc(C3CC3)cn2n1. The summed E-state index contributed by atoms with van der Waals surface area (Å²) in [5, 5.41) is 4.34. The molecule has 0 N–H and O–H groups in total. The molecular weight excluding hydrogens is 162 g/mol. The molecule has 0 bridgehead atoms. The van der Waals surface area contributed by atoms with Gasteiger partial charge in [0.05, 0.1) is 5.69 Å². The molecule has 66 valence electrons. The molecule has 1 saturated carbocycles. The fourth-order valence-electron chi connectivity index (χ4n) is 1.64. The molecule has 2 aromatic rings. The average Bonchev–Trinajstić information content (AvgIpc) is 2.87. The lowest BCUT2D eigenvalue weighted by atomic mass is 10.2. The summed E-state index contributed by atoms with van der Waals surface area (Å²) in [5.41, 5.74) is 3.30. The van der Waals surface area contributed by atoms with Crippen molar-refractivity contribution >= 4 is 5.65 Å². The molecule has 0 radical (unpaired) electrons. The molecule has 0 unspecified atom stereocenters. The Morgan fingerprint density at radius 1 is 1.46 bits per heavy atom. The van der Waals surface area contributed by atoms with Crippen LogP contribution in [0.25, 0.3) is 5.65 Å². The first-order chi connectivity index (χ1) is 6.33. The normalized spacial score (nSPS) is 16.7. The Morgan fingerprint density at radius 2 is 2.31 bits per heavy atom. The number of nitrogens with zero attached hydrogens (tertiary/aromatic N) is 3. The Kier molecular flexibility index (Phi) is 1.26. The zero-order chi connectivity index (χ0) is 8.84. The molecule has 1 fully saturated rings. The molecule has 0 aliphatic heterocycles. The van der Waals surface area contributed by atoms with Crippen molar-refractivity contribution in [3.05, 3.63) is 29.7 Å². The Balaban J connectivity index is 2.20. The lowest BCUT2D eigenvalue weighted by Crippen LogP contribution is -1.92. The van der Waals surface area contributed by atoms with Gasteiger partial charge < -0.3 is 0 Å². The molecule has 1 aliphatic rings. The molecular formula is C10H11N3. The van der Waals surface area contributed by atoms with Gasteiger partial charge in [-0.1, -0.05) is 0 Å². The van der Waals surface area contributed by atoms with Crippen LogP contribution in [0.4, 0.5) is 0 Å². The van der Waals surface area contributed by atoms with Gasteiger partial charge in [0.1, 0.15) is 0 Å². The smallest absolute Gasteiger partial charge is 0.155 e. The van der Waals surface area contributed by atoms with Crippen LogP contribution in [-0.2, 0) is 0 Å². The van der Waals surface area contributed by atoms with E-state index in [4.69, 9.17) is 0 Å². The maximum absolute atomic E-state index is 4.36. The lowest BCUT2D eigenvalue weighted by molar-refractivity contribution is 0.891. The van der Waals surface area contributed by atoms with Crippen LogP contribution in [-0.4, -0.2) is 14.6 Å². The van der Waals surface area contributed by atoms with E-state index in [1.54, 1.807) is 0 Å². The van der Waals surface area contributed by atoms with Gasteiger partial charge in [0.2, 0.25) is 0 Å². The summed E-state index contributed by atoms with van der Waals surface area (Å²) in [6, 6.07) is 2.00. The summed E-state index contributed by atoms with van der Waals surface area (Å²) in [4.78, 5) is 4.36. The predicted octanol–water partition coefficient (Wildman–Crippen LogP) is 1.92. The second kappa shape index (κ2) is 2.31. The summed E-state index contributed by atoms with van der Waals surface area (Å²) in [7, 11) is 0. The first-order valence-electron chi connectivity index (χ1n) is 4.65. The highest BCUT2D eigenvalue weighted by molar-refractivity contribution is 5.39. The lowest BCUT2D eigenvalue weighted by Gasteiger charge is -1.97. The van der Waals surface area contributed by atoms with Gasteiger partial charge in [-0.25, -0.2) is 9.50 Å². The maximum atomic E-state index is 4.36. The minimum atomic E-state index is 0.751. The minimum Gasteiger partial charge on any atom is -0.237 e. The van der Waals surface area contributed by atoms with Crippen LogP contribution in [0.1, 0.15) is 30.0 Å². The number of fused-ring (bicyclic) bond motifs is 1. The molecule has 0 spiro atoms. The molecule has 3 heteroatoms. The van der Waals surface area contributed by atoms with Crippen LogP contribution < -0.4 is 0 Å². The van der Waals surface area contributed by atoms with Crippen molar-refractivity contribution in [1.82, 2.24) is 14.6 Å². The van der Waals surface area contributed by atoms with E-state index in [9.17, 15) is 0 Å². The fourth-order valence-corrected chi connectivity index (χ4v) is 1.64. The largest absolute Gasteiger partial charge is 0.237 e. The topological polar surface area (TPSA) is 30.2 Å². The van der Waals surface area contributed by atoms with Crippen molar-refractivity contribution in [1.29, 1.82) is 0 Å². The van der Waals surface area contributed by atoms with Gasteiger partial charge >= 0.3 is 0 Å². The molecule has 0 saturated heterocycles. The minimum absolute atomic E-state index is 0.751. The highest BCUT2D eigenvalue weighted by Crippen LogP contribution is 2.39. The first kappa shape index (κ1) is 7.06. The molecule has 2 aromatic heterocycles. The van der Waals surface area contributed by atoms with Gasteiger partial charge in [-0.2, -0.15) is 5.10 Å². The van der Waals surface area contributed by atoms with Crippen molar-refractivity contribution in [2.75, 3.05) is 0 Å². The maximum Gasteiger partial charge on any atom is 0.155 e. The van der Waals surface area contributed by atoms with Crippen molar-refractivity contribution in [2.45, 2.75) is 25.7 Å². The number of rotatable bonds is 1. The summed E-state index contributed by atoms with van der Waals surface area (Å²) < 4.78 is 1.88. The standard InChI is InChI=1S/C10H11N3/c1-7-4-10-11-5-9(8-2-3-8)6-13(10)12-7/h4-6,8H,2-3H2,1H3. The van der Waals surface area contributed by atoms with E-state index in [2.05, 4.69) is 16.3 Å². The number of aryl methyl sites for hydroxylation is 1. The molecule has 0 amide bonds. The molecule has 2 heterocycles. The third-order valence-electron chi connectivity index (χ3n) is 2.50. The molecule has 0 atom stereocenters. The van der Waals surface area contributed by atoms with Gasteiger partial charge in [0.25, 0.3) is 0 Å². The van der Waals surface area contributed by atoms with Crippen LogP contribution in [0.3, 0.4) is 0 Å². The van der Waals surface area contributed by atoms with Crippen molar-refractivity contribution in [3.63, 3.8) is 0 Å². The Labute approximate surface area is 76.4 Å². The van der Waals surface area contributed by atoms with E-state index in [0.29, 0.717) is 0 Å². The number of hydrogen-bond acceptors (Lipinski definition) is 2. The van der Waals surface area contributed by atoms with Gasteiger partial charge in [-0.3, -0.25) is 0 Å². The van der Waals surface area contributed by atoms with E-state index in [0.717, 1.165) is 17.3 Å². The van der Waals surface area contributed by atoms with Crippen molar-refractivity contribution in [3.8, 4) is 0 Å². The van der Waals surface area contributed by atoms with E-state index < -0.39 is 0 Å². The van der Waals surface area contributed by atoms with E-state index in [-0.39, 0.29) is 0 Å². The van der Waals surface area contributed by atoms with Crippen LogP contribution in [0.2, 0.25) is 0 Å². The van der Waals surface area contributed by atoms with Crippen LogP contribution >= 0.6 is 0 Å². The predicted molar refractivity (Wildman–Crippen MR) is 49.7 cm³/mol. The fraction of sp³-hybridized carbons (Fsp3) is 0.400. The molecule has 1 aliphatic carbocycles. The molecule has 3 rings (SSSR count). The monoisotopic (exact) mass is 173 g/mol. The van der Waals surface area contributed by atoms with Crippen LogP contribution in [0.15, 0.2) is 18.5 Å². The third kappa shape index (κ3) is 1.11. The Bertz CT molecular complexity index is 454.